The van der Waals surface area contributed by atoms with E-state index in [0.717, 1.165) is 5.56 Å². The summed E-state index contributed by atoms with van der Waals surface area (Å²) in [4.78, 5) is 38.5. The van der Waals surface area contributed by atoms with Crippen LogP contribution in [0.5, 0.6) is 0 Å². The van der Waals surface area contributed by atoms with Crippen LogP contribution in [-0.4, -0.2) is 41.1 Å². The first-order chi connectivity index (χ1) is 13.4. The fourth-order valence-electron chi connectivity index (χ4n) is 3.60. The smallest absolute Gasteiger partial charge is 0.326 e. The monoisotopic (exact) mass is 382 g/mol. The number of amides is 2. The van der Waals surface area contributed by atoms with E-state index in [4.69, 9.17) is 4.74 Å². The van der Waals surface area contributed by atoms with Gasteiger partial charge in [-0.1, -0.05) is 48.0 Å². The molecule has 1 saturated heterocycles. The third-order valence-corrected chi connectivity index (χ3v) is 4.96. The maximum Gasteiger partial charge on any atom is 0.326 e. The summed E-state index contributed by atoms with van der Waals surface area (Å²) in [6, 6.07) is 13.7. The van der Waals surface area contributed by atoms with E-state index in [1.165, 1.54) is 12.0 Å². The van der Waals surface area contributed by atoms with Crippen LogP contribution in [0, 0.1) is 12.8 Å². The average Bonchev–Trinajstić information content (AvgIpc) is 3.10. The van der Waals surface area contributed by atoms with Gasteiger partial charge in [0.05, 0.1) is 19.1 Å². The number of benzene rings is 2. The predicted molar refractivity (Wildman–Crippen MR) is 103 cm³/mol. The van der Waals surface area contributed by atoms with E-state index >= 15 is 0 Å². The lowest BCUT2D eigenvalue weighted by Gasteiger charge is -2.30. The van der Waals surface area contributed by atoms with E-state index in [-0.39, 0.29) is 6.42 Å². The van der Waals surface area contributed by atoms with Crippen LogP contribution >= 0.6 is 0 Å². The summed E-state index contributed by atoms with van der Waals surface area (Å²) in [6.45, 7) is 1.93. The van der Waals surface area contributed by atoms with Crippen molar-refractivity contribution in [3.8, 4) is 0 Å². The second kappa shape index (κ2) is 8.12. The first kappa shape index (κ1) is 19.4. The minimum atomic E-state index is -1.16. The highest BCUT2D eigenvalue weighted by molar-refractivity contribution is 5.94. The summed E-state index contributed by atoms with van der Waals surface area (Å²) in [5.74, 6) is -2.46. The molecule has 0 spiro atoms. The highest BCUT2D eigenvalue weighted by Crippen LogP contribution is 2.42. The lowest BCUT2D eigenvalue weighted by molar-refractivity contribution is -0.146. The van der Waals surface area contributed by atoms with Crippen molar-refractivity contribution in [3.63, 3.8) is 0 Å². The van der Waals surface area contributed by atoms with Crippen LogP contribution in [0.4, 0.5) is 10.5 Å². The van der Waals surface area contributed by atoms with Crippen molar-refractivity contribution in [1.29, 1.82) is 0 Å². The molecule has 3 rings (SSSR count). The fourth-order valence-corrected chi connectivity index (χ4v) is 3.60. The molecule has 0 bridgehead atoms. The molecule has 7 heteroatoms. The Balaban J connectivity index is 2.01. The molecular weight excluding hydrogens is 360 g/mol. The van der Waals surface area contributed by atoms with Gasteiger partial charge in [0.25, 0.3) is 0 Å². The molecule has 3 unspecified atom stereocenters. The molecule has 2 N–H and O–H groups in total. The molecule has 2 aromatic carbocycles. The van der Waals surface area contributed by atoms with Gasteiger partial charge in [-0.2, -0.15) is 0 Å². The van der Waals surface area contributed by atoms with Crippen LogP contribution in [0.1, 0.15) is 23.6 Å². The number of ether oxygens (including phenoxy) is 1. The maximum absolute atomic E-state index is 13.0. The molecule has 2 amide bonds. The molecule has 1 aliphatic rings. The number of nitrogens with one attached hydrogen (secondary N) is 1. The molecule has 1 aliphatic heterocycles. The van der Waals surface area contributed by atoms with Gasteiger partial charge in [0.2, 0.25) is 0 Å². The predicted octanol–water partition coefficient (Wildman–Crippen LogP) is 3.22. The van der Waals surface area contributed by atoms with E-state index in [1.807, 2.05) is 37.3 Å². The quantitative estimate of drug-likeness (QED) is 0.792. The van der Waals surface area contributed by atoms with E-state index in [0.29, 0.717) is 11.3 Å². The summed E-state index contributed by atoms with van der Waals surface area (Å²) in [5, 5.41) is 12.4. The van der Waals surface area contributed by atoms with Crippen LogP contribution in [0.15, 0.2) is 54.6 Å². The minimum Gasteiger partial charge on any atom is -0.480 e. The lowest BCUT2D eigenvalue weighted by atomic mass is 9.92. The summed E-state index contributed by atoms with van der Waals surface area (Å²) < 4.78 is 4.89. The van der Waals surface area contributed by atoms with Gasteiger partial charge in [0.15, 0.2) is 0 Å². The highest BCUT2D eigenvalue weighted by Gasteiger charge is 2.51. The average molecular weight is 382 g/mol. The number of hydrogen-bond acceptors (Lipinski definition) is 4. The van der Waals surface area contributed by atoms with E-state index in [1.54, 1.807) is 24.3 Å². The van der Waals surface area contributed by atoms with Crippen molar-refractivity contribution in [2.45, 2.75) is 25.4 Å². The van der Waals surface area contributed by atoms with Gasteiger partial charge in [0, 0.05) is 5.69 Å². The Bertz CT molecular complexity index is 866. The van der Waals surface area contributed by atoms with Gasteiger partial charge in [-0.05, 0) is 31.0 Å². The second-order valence-corrected chi connectivity index (χ2v) is 6.78. The molecule has 0 aliphatic carbocycles. The zero-order valence-electron chi connectivity index (χ0n) is 15.7. The Kier molecular flexibility index (Phi) is 5.63. The first-order valence-electron chi connectivity index (χ1n) is 8.94. The van der Waals surface area contributed by atoms with E-state index in [9.17, 15) is 19.5 Å². The number of carboxylic acid groups (broad SMARTS) is 1. The maximum atomic E-state index is 13.0. The lowest BCUT2D eigenvalue weighted by Crippen LogP contribution is -2.44. The van der Waals surface area contributed by atoms with E-state index < -0.39 is 36.0 Å². The Morgan fingerprint density at radius 1 is 1.07 bits per heavy atom. The highest BCUT2D eigenvalue weighted by atomic mass is 16.5. The number of methoxy groups -OCH3 is 1. The molecular formula is C21H22N2O5. The number of hydrogen-bond donors (Lipinski definition) is 2. The SMILES string of the molecule is COC(=O)C1CC(C(=O)O)N(C(=O)Nc2ccccc2)C1c1ccc(C)cc1. The second-order valence-electron chi connectivity index (χ2n) is 6.78. The Hall–Kier alpha value is -3.35. The molecule has 0 saturated carbocycles. The molecule has 2 aromatic rings. The van der Waals surface area contributed by atoms with Crippen molar-refractivity contribution in [3.05, 3.63) is 65.7 Å². The van der Waals surface area contributed by atoms with E-state index in [2.05, 4.69) is 5.32 Å². The number of para-hydroxylation sites is 1. The molecule has 7 nitrogen and oxygen atoms in total. The molecule has 1 fully saturated rings. The zero-order chi connectivity index (χ0) is 20.3. The van der Waals surface area contributed by atoms with Gasteiger partial charge in [-0.15, -0.1) is 0 Å². The molecule has 28 heavy (non-hydrogen) atoms. The Labute approximate surface area is 162 Å². The van der Waals surface area contributed by atoms with Crippen molar-refractivity contribution in [2.75, 3.05) is 12.4 Å². The Morgan fingerprint density at radius 3 is 2.29 bits per heavy atom. The number of esters is 1. The normalized spacial score (nSPS) is 21.2. The number of aryl methyl sites for hydroxylation is 1. The number of likely N-dealkylation sites (tertiary alicyclic amines) is 1. The van der Waals surface area contributed by atoms with Gasteiger partial charge in [0.1, 0.15) is 6.04 Å². The number of carbonyl (C=O) groups is 3. The fraction of sp³-hybridized carbons (Fsp3) is 0.286. The minimum absolute atomic E-state index is 0.0112. The van der Waals surface area contributed by atoms with Crippen LogP contribution < -0.4 is 5.32 Å². The Morgan fingerprint density at radius 2 is 1.71 bits per heavy atom. The van der Waals surface area contributed by atoms with Crippen molar-refractivity contribution >= 4 is 23.7 Å². The largest absolute Gasteiger partial charge is 0.480 e. The zero-order valence-corrected chi connectivity index (χ0v) is 15.7. The molecule has 146 valence electrons. The van der Waals surface area contributed by atoms with Crippen LogP contribution in [0.25, 0.3) is 0 Å². The third kappa shape index (κ3) is 3.83. The van der Waals surface area contributed by atoms with Gasteiger partial charge in [-0.25, -0.2) is 9.59 Å². The molecule has 0 aromatic heterocycles. The number of carbonyl (C=O) groups excluding carboxylic acids is 2. The number of urea groups is 1. The summed E-state index contributed by atoms with van der Waals surface area (Å²) in [5.41, 5.74) is 2.25. The van der Waals surface area contributed by atoms with Gasteiger partial charge < -0.3 is 20.1 Å². The van der Waals surface area contributed by atoms with Crippen LogP contribution in [0.3, 0.4) is 0 Å². The first-order valence-corrected chi connectivity index (χ1v) is 8.94. The van der Waals surface area contributed by atoms with Crippen molar-refractivity contribution in [1.82, 2.24) is 4.90 Å². The number of anilines is 1. The van der Waals surface area contributed by atoms with Crippen LogP contribution in [-0.2, 0) is 14.3 Å². The summed E-state index contributed by atoms with van der Waals surface area (Å²) in [7, 11) is 1.26. The summed E-state index contributed by atoms with van der Waals surface area (Å²) >= 11 is 0. The number of aliphatic carboxylic acids is 1. The molecule has 0 radical (unpaired) electrons. The standard InChI is InChI=1S/C21H22N2O5/c1-13-8-10-14(11-9-13)18-16(20(26)28-2)12-17(19(24)25)23(18)21(27)22-15-6-4-3-5-7-15/h3-11,16-18H,12H2,1-2H3,(H,22,27)(H,24,25). The third-order valence-electron chi connectivity index (χ3n) is 4.96. The topological polar surface area (TPSA) is 95.9 Å². The van der Waals surface area contributed by atoms with Crippen molar-refractivity contribution < 1.29 is 24.2 Å². The van der Waals surface area contributed by atoms with Crippen LogP contribution in [0.2, 0.25) is 0 Å². The van der Waals surface area contributed by atoms with Gasteiger partial charge >= 0.3 is 18.0 Å². The number of rotatable bonds is 4. The van der Waals surface area contributed by atoms with Gasteiger partial charge in [-0.3, -0.25) is 4.79 Å². The number of carboxylic acids is 1. The molecule has 1 heterocycles. The van der Waals surface area contributed by atoms with Crippen molar-refractivity contribution in [2.24, 2.45) is 5.92 Å². The number of nitrogens with zero attached hydrogens (tertiary/aromatic N) is 1. The molecule has 3 atom stereocenters. The summed E-state index contributed by atoms with van der Waals surface area (Å²) in [6.07, 6.45) is -0.0112.